The lowest BCUT2D eigenvalue weighted by atomic mass is 9.82. The Labute approximate surface area is 162 Å². The average Bonchev–Trinajstić information content (AvgIpc) is 3.33. The van der Waals surface area contributed by atoms with Gasteiger partial charge in [-0.25, -0.2) is 8.42 Å². The molecule has 1 aromatic heterocycles. The van der Waals surface area contributed by atoms with E-state index in [2.05, 4.69) is 0 Å². The number of methoxy groups -OCH3 is 1. The summed E-state index contributed by atoms with van der Waals surface area (Å²) in [6.07, 6.45) is 1.43. The van der Waals surface area contributed by atoms with Gasteiger partial charge >= 0.3 is 0 Å². The first-order valence-electron chi connectivity index (χ1n) is 8.47. The SMILES string of the molecule is COc1cccc([C@]2(O)CC[C@H]3CN(S(=O)(=O)c4ccc(Cl)s4)C[C@H]32)c1. The number of sulfonamides is 1. The minimum absolute atomic E-state index is 0.125. The Hall–Kier alpha value is -1.12. The quantitative estimate of drug-likeness (QED) is 0.834. The molecular formula is C18H20ClNO4S2. The van der Waals surface area contributed by atoms with Gasteiger partial charge in [0.1, 0.15) is 9.96 Å². The van der Waals surface area contributed by atoms with Crippen LogP contribution in [0.25, 0.3) is 0 Å². The molecule has 26 heavy (non-hydrogen) atoms. The zero-order chi connectivity index (χ0) is 18.5. The van der Waals surface area contributed by atoms with Crippen molar-refractivity contribution in [2.24, 2.45) is 11.8 Å². The highest BCUT2D eigenvalue weighted by molar-refractivity contribution is 7.91. The second-order valence-corrected chi connectivity index (χ2v) is 10.8. The summed E-state index contributed by atoms with van der Waals surface area (Å²) in [5.41, 5.74) is -0.237. The molecule has 0 bridgehead atoms. The molecule has 1 aliphatic heterocycles. The van der Waals surface area contributed by atoms with Gasteiger partial charge in [0.15, 0.2) is 0 Å². The van der Waals surface area contributed by atoms with E-state index in [4.69, 9.17) is 16.3 Å². The van der Waals surface area contributed by atoms with Gasteiger partial charge < -0.3 is 9.84 Å². The van der Waals surface area contributed by atoms with E-state index >= 15 is 0 Å². The first-order chi connectivity index (χ1) is 12.3. The van der Waals surface area contributed by atoms with Crippen LogP contribution in [-0.2, 0) is 15.6 Å². The van der Waals surface area contributed by atoms with Crippen molar-refractivity contribution in [2.45, 2.75) is 22.7 Å². The molecule has 2 fully saturated rings. The van der Waals surface area contributed by atoms with Crippen LogP contribution in [-0.4, -0.2) is 38.0 Å². The van der Waals surface area contributed by atoms with E-state index in [9.17, 15) is 13.5 Å². The minimum Gasteiger partial charge on any atom is -0.497 e. The molecule has 1 aromatic carbocycles. The van der Waals surface area contributed by atoms with Gasteiger partial charge in [-0.2, -0.15) is 4.31 Å². The van der Waals surface area contributed by atoms with Crippen molar-refractivity contribution in [3.63, 3.8) is 0 Å². The first kappa shape index (κ1) is 18.3. The highest BCUT2D eigenvalue weighted by Crippen LogP contribution is 2.51. The van der Waals surface area contributed by atoms with Crippen LogP contribution < -0.4 is 4.74 Å². The minimum atomic E-state index is -3.57. The van der Waals surface area contributed by atoms with Gasteiger partial charge in [-0.05, 0) is 48.6 Å². The topological polar surface area (TPSA) is 66.8 Å². The van der Waals surface area contributed by atoms with Gasteiger partial charge in [0, 0.05) is 19.0 Å². The van der Waals surface area contributed by atoms with E-state index in [1.165, 1.54) is 4.31 Å². The fourth-order valence-electron chi connectivity index (χ4n) is 4.27. The van der Waals surface area contributed by atoms with Crippen molar-refractivity contribution in [1.82, 2.24) is 4.31 Å². The smallest absolute Gasteiger partial charge is 0.252 e. The van der Waals surface area contributed by atoms with Gasteiger partial charge in [-0.1, -0.05) is 23.7 Å². The maximum atomic E-state index is 12.9. The number of aliphatic hydroxyl groups is 1. The predicted molar refractivity (Wildman–Crippen MR) is 101 cm³/mol. The van der Waals surface area contributed by atoms with Gasteiger partial charge in [0.2, 0.25) is 0 Å². The molecule has 1 N–H and O–H groups in total. The molecule has 0 unspecified atom stereocenters. The Balaban J connectivity index is 1.62. The van der Waals surface area contributed by atoms with Crippen LogP contribution in [0.2, 0.25) is 4.34 Å². The zero-order valence-electron chi connectivity index (χ0n) is 14.3. The lowest BCUT2D eigenvalue weighted by Crippen LogP contribution is -2.36. The van der Waals surface area contributed by atoms with Crippen molar-refractivity contribution in [1.29, 1.82) is 0 Å². The monoisotopic (exact) mass is 413 g/mol. The number of hydrogen-bond acceptors (Lipinski definition) is 5. The summed E-state index contributed by atoms with van der Waals surface area (Å²) in [7, 11) is -1.98. The Kier molecular flexibility index (Phi) is 4.56. The van der Waals surface area contributed by atoms with Gasteiger partial charge in [-0.15, -0.1) is 11.3 Å². The summed E-state index contributed by atoms with van der Waals surface area (Å²) in [4.78, 5) is 0. The van der Waals surface area contributed by atoms with Gasteiger partial charge in [0.25, 0.3) is 10.0 Å². The molecule has 4 rings (SSSR count). The van der Waals surface area contributed by atoms with Crippen molar-refractivity contribution >= 4 is 33.0 Å². The van der Waals surface area contributed by atoms with E-state index < -0.39 is 15.6 Å². The zero-order valence-corrected chi connectivity index (χ0v) is 16.6. The summed E-state index contributed by atoms with van der Waals surface area (Å²) in [5, 5.41) is 11.4. The van der Waals surface area contributed by atoms with Crippen LogP contribution >= 0.6 is 22.9 Å². The van der Waals surface area contributed by atoms with Crippen LogP contribution in [0.5, 0.6) is 5.75 Å². The van der Waals surface area contributed by atoms with Crippen molar-refractivity contribution in [3.8, 4) is 5.75 Å². The summed E-state index contributed by atoms with van der Waals surface area (Å²) in [6.45, 7) is 0.755. The highest BCUT2D eigenvalue weighted by atomic mass is 35.5. The first-order valence-corrected chi connectivity index (χ1v) is 11.1. The van der Waals surface area contributed by atoms with Gasteiger partial charge in [0.05, 0.1) is 17.0 Å². The molecular weight excluding hydrogens is 394 g/mol. The number of benzene rings is 1. The summed E-state index contributed by atoms with van der Waals surface area (Å²) < 4.78 is 33.3. The van der Waals surface area contributed by atoms with E-state index in [0.717, 1.165) is 23.3 Å². The highest BCUT2D eigenvalue weighted by Gasteiger charge is 2.54. The molecule has 2 heterocycles. The molecule has 2 aromatic rings. The largest absolute Gasteiger partial charge is 0.497 e. The van der Waals surface area contributed by atoms with Crippen LogP contribution in [0.15, 0.2) is 40.6 Å². The van der Waals surface area contributed by atoms with Gasteiger partial charge in [-0.3, -0.25) is 0 Å². The summed E-state index contributed by atoms with van der Waals surface area (Å²) >= 11 is 6.97. The van der Waals surface area contributed by atoms with E-state index in [0.29, 0.717) is 29.6 Å². The second-order valence-electron chi connectivity index (χ2n) is 6.94. The maximum Gasteiger partial charge on any atom is 0.252 e. The molecule has 0 spiro atoms. The van der Waals surface area contributed by atoms with Crippen LogP contribution in [0.3, 0.4) is 0 Å². The molecule has 2 aliphatic rings. The Morgan fingerprint density at radius 2 is 2.12 bits per heavy atom. The number of halogens is 1. The third-order valence-electron chi connectivity index (χ3n) is 5.63. The van der Waals surface area contributed by atoms with E-state index in [-0.39, 0.29) is 16.0 Å². The molecule has 5 nitrogen and oxygen atoms in total. The molecule has 1 saturated heterocycles. The maximum absolute atomic E-state index is 12.9. The third kappa shape index (κ3) is 2.86. The number of nitrogens with zero attached hydrogens (tertiary/aromatic N) is 1. The fraction of sp³-hybridized carbons (Fsp3) is 0.444. The molecule has 8 heteroatoms. The Morgan fingerprint density at radius 3 is 2.81 bits per heavy atom. The van der Waals surface area contributed by atoms with E-state index in [1.54, 1.807) is 19.2 Å². The second kappa shape index (κ2) is 6.49. The van der Waals surface area contributed by atoms with Crippen LogP contribution in [0, 0.1) is 11.8 Å². The van der Waals surface area contributed by atoms with Crippen molar-refractivity contribution < 1.29 is 18.3 Å². The van der Waals surface area contributed by atoms with E-state index in [1.807, 2.05) is 24.3 Å². The predicted octanol–water partition coefficient (Wildman–Crippen LogP) is 3.33. The molecule has 0 radical (unpaired) electrons. The number of ether oxygens (including phenoxy) is 1. The lowest BCUT2D eigenvalue weighted by molar-refractivity contribution is -0.00415. The number of fused-ring (bicyclic) bond motifs is 1. The molecule has 1 saturated carbocycles. The Morgan fingerprint density at radius 1 is 1.31 bits per heavy atom. The number of rotatable bonds is 4. The number of thiophene rings is 1. The van der Waals surface area contributed by atoms with Crippen molar-refractivity contribution in [3.05, 3.63) is 46.3 Å². The average molecular weight is 414 g/mol. The molecule has 0 amide bonds. The Bertz CT molecular complexity index is 929. The van der Waals surface area contributed by atoms with Crippen LogP contribution in [0.4, 0.5) is 0 Å². The normalized spacial score (nSPS) is 29.0. The molecule has 140 valence electrons. The fourth-order valence-corrected chi connectivity index (χ4v) is 7.43. The number of hydrogen-bond donors (Lipinski definition) is 1. The third-order valence-corrected chi connectivity index (χ3v) is 9.16. The lowest BCUT2D eigenvalue weighted by Gasteiger charge is -2.31. The van der Waals surface area contributed by atoms with Crippen LogP contribution in [0.1, 0.15) is 18.4 Å². The molecule has 3 atom stereocenters. The summed E-state index contributed by atoms with van der Waals surface area (Å²) in [5.74, 6) is 0.714. The molecule has 1 aliphatic carbocycles. The summed E-state index contributed by atoms with van der Waals surface area (Å²) in [6, 6.07) is 10.6. The van der Waals surface area contributed by atoms with Crippen molar-refractivity contribution in [2.75, 3.05) is 20.2 Å². The standard InChI is InChI=1S/C18H20ClNO4S2/c1-24-14-4-2-3-13(9-14)18(21)8-7-12-10-20(11-15(12)18)26(22,23)17-6-5-16(19)25-17/h2-6,9,12,15,21H,7-8,10-11H2,1H3/t12-,15+,18+/m0/s1.